The highest BCUT2D eigenvalue weighted by Crippen LogP contribution is 2.34. The molecule has 0 radical (unpaired) electrons. The number of nitrogens with zero attached hydrogens (tertiary/aromatic N) is 1. The van der Waals surface area contributed by atoms with Crippen LogP contribution in [0.3, 0.4) is 0 Å². The molecule has 0 saturated carbocycles. The van der Waals surface area contributed by atoms with Gasteiger partial charge in [-0.1, -0.05) is 29.3 Å². The van der Waals surface area contributed by atoms with Gasteiger partial charge in [0.2, 0.25) is 0 Å². The van der Waals surface area contributed by atoms with Crippen LogP contribution in [0.2, 0.25) is 10.0 Å². The summed E-state index contributed by atoms with van der Waals surface area (Å²) in [5, 5.41) is 0.763. The molecule has 3 nitrogen and oxygen atoms in total. The van der Waals surface area contributed by atoms with Gasteiger partial charge in [0.05, 0.1) is 12.1 Å². The quantitative estimate of drug-likeness (QED) is 0.621. The Morgan fingerprint density at radius 2 is 2.06 bits per heavy atom. The second kappa shape index (κ2) is 5.75. The van der Waals surface area contributed by atoms with Gasteiger partial charge in [-0.25, -0.2) is 0 Å². The molecule has 0 spiro atoms. The standard InChI is InChI=1S/C10H10BrCl2NO2/c1-14(10(11)15)5-6-3-4-7(16-2)9(13)8(6)12/h3-4H,5H2,1-2H3. The van der Waals surface area contributed by atoms with Crippen LogP contribution in [0.15, 0.2) is 12.1 Å². The van der Waals surface area contributed by atoms with E-state index in [1.54, 1.807) is 19.2 Å². The number of carbonyl (C=O) groups excluding carboxylic acids is 1. The third-order valence-electron chi connectivity index (χ3n) is 2.05. The van der Waals surface area contributed by atoms with Gasteiger partial charge in [-0.2, -0.15) is 0 Å². The van der Waals surface area contributed by atoms with E-state index in [0.717, 1.165) is 5.56 Å². The number of methoxy groups -OCH3 is 1. The van der Waals surface area contributed by atoms with Crippen molar-refractivity contribution in [3.8, 4) is 5.75 Å². The SMILES string of the molecule is COc1ccc(CN(C)C(=O)Br)c(Cl)c1Cl. The predicted octanol–water partition coefficient (Wildman–Crippen LogP) is 3.95. The lowest BCUT2D eigenvalue weighted by Crippen LogP contribution is -2.19. The van der Waals surface area contributed by atoms with Crippen LogP contribution in [0.4, 0.5) is 4.79 Å². The van der Waals surface area contributed by atoms with Gasteiger partial charge in [0.25, 0.3) is 4.82 Å². The molecule has 1 rings (SSSR count). The highest BCUT2D eigenvalue weighted by Gasteiger charge is 2.13. The van der Waals surface area contributed by atoms with Gasteiger partial charge < -0.3 is 9.64 Å². The smallest absolute Gasteiger partial charge is 0.289 e. The van der Waals surface area contributed by atoms with Crippen LogP contribution in [0.25, 0.3) is 0 Å². The minimum atomic E-state index is -0.212. The Morgan fingerprint density at radius 3 is 2.56 bits per heavy atom. The first-order valence-electron chi connectivity index (χ1n) is 4.38. The Kier molecular flexibility index (Phi) is 4.89. The number of hydrogen-bond acceptors (Lipinski definition) is 2. The van der Waals surface area contributed by atoms with Gasteiger partial charge in [0.1, 0.15) is 10.8 Å². The lowest BCUT2D eigenvalue weighted by molar-refractivity contribution is 0.233. The fourth-order valence-corrected chi connectivity index (χ4v) is 1.77. The maximum Gasteiger partial charge on any atom is 0.289 e. The largest absolute Gasteiger partial charge is 0.495 e. The van der Waals surface area contributed by atoms with Gasteiger partial charge >= 0.3 is 0 Å². The molecule has 1 amide bonds. The van der Waals surface area contributed by atoms with Gasteiger partial charge in [0, 0.05) is 29.5 Å². The van der Waals surface area contributed by atoms with Crippen molar-refractivity contribution < 1.29 is 9.53 Å². The summed E-state index contributed by atoms with van der Waals surface area (Å²) in [5.74, 6) is 0.517. The zero-order chi connectivity index (χ0) is 12.3. The number of benzene rings is 1. The van der Waals surface area contributed by atoms with Crippen molar-refractivity contribution in [1.29, 1.82) is 0 Å². The van der Waals surface area contributed by atoms with E-state index in [1.807, 2.05) is 0 Å². The third-order valence-corrected chi connectivity index (χ3v) is 3.56. The molecule has 1 aromatic carbocycles. The van der Waals surface area contributed by atoms with Crippen LogP contribution in [-0.2, 0) is 6.54 Å². The zero-order valence-electron chi connectivity index (χ0n) is 8.76. The van der Waals surface area contributed by atoms with Crippen LogP contribution in [-0.4, -0.2) is 23.9 Å². The molecule has 1 aromatic rings. The average molecular weight is 327 g/mol. The first-order chi connectivity index (χ1) is 7.47. The Labute approximate surface area is 112 Å². The van der Waals surface area contributed by atoms with Gasteiger partial charge in [-0.3, -0.25) is 4.79 Å². The maximum atomic E-state index is 11.0. The highest BCUT2D eigenvalue weighted by atomic mass is 79.9. The molecule has 0 bridgehead atoms. The molecule has 6 heteroatoms. The number of carbonyl (C=O) groups is 1. The lowest BCUT2D eigenvalue weighted by atomic mass is 10.2. The Hall–Kier alpha value is -0.450. The summed E-state index contributed by atoms with van der Waals surface area (Å²) in [6, 6.07) is 3.50. The summed E-state index contributed by atoms with van der Waals surface area (Å²) in [7, 11) is 3.18. The van der Waals surface area contributed by atoms with Crippen LogP contribution >= 0.6 is 39.1 Å². The first kappa shape index (κ1) is 13.6. The van der Waals surface area contributed by atoms with Crippen LogP contribution < -0.4 is 4.74 Å². The molecule has 0 saturated heterocycles. The fraction of sp³-hybridized carbons (Fsp3) is 0.300. The van der Waals surface area contributed by atoms with Gasteiger partial charge in [0.15, 0.2) is 0 Å². The van der Waals surface area contributed by atoms with Crippen LogP contribution in [0, 0.1) is 0 Å². The van der Waals surface area contributed by atoms with E-state index in [-0.39, 0.29) is 4.82 Å². The topological polar surface area (TPSA) is 29.5 Å². The summed E-state index contributed by atoms with van der Waals surface area (Å²) >= 11 is 14.9. The average Bonchev–Trinajstić information content (AvgIpc) is 2.25. The van der Waals surface area contributed by atoms with Crippen molar-refractivity contribution >= 4 is 43.9 Å². The normalized spacial score (nSPS) is 10.1. The number of amides is 1. The molecule has 88 valence electrons. The summed E-state index contributed by atoms with van der Waals surface area (Å²) in [5.41, 5.74) is 0.766. The number of ether oxygens (including phenoxy) is 1. The number of rotatable bonds is 3. The van der Waals surface area contributed by atoms with Crippen molar-refractivity contribution in [2.45, 2.75) is 6.54 Å². The molecule has 0 unspecified atom stereocenters. The van der Waals surface area contributed by atoms with Gasteiger partial charge in [-0.05, 0) is 11.6 Å². The molecule has 0 aromatic heterocycles. The van der Waals surface area contributed by atoms with Crippen molar-refractivity contribution in [2.24, 2.45) is 0 Å². The second-order valence-electron chi connectivity index (χ2n) is 3.16. The number of hydrogen-bond donors (Lipinski definition) is 0. The molecule has 0 aliphatic rings. The van der Waals surface area contributed by atoms with Crippen molar-refractivity contribution in [3.63, 3.8) is 0 Å². The molecular formula is C10H10BrCl2NO2. The minimum absolute atomic E-state index is 0.212. The van der Waals surface area contributed by atoms with E-state index in [0.29, 0.717) is 22.3 Å². The molecular weight excluding hydrogens is 317 g/mol. The van der Waals surface area contributed by atoms with Crippen molar-refractivity contribution in [1.82, 2.24) is 4.90 Å². The third kappa shape index (κ3) is 3.03. The highest BCUT2D eigenvalue weighted by molar-refractivity contribution is 9.18. The van der Waals surface area contributed by atoms with Gasteiger partial charge in [-0.15, -0.1) is 0 Å². The molecule has 16 heavy (non-hydrogen) atoms. The Morgan fingerprint density at radius 1 is 1.44 bits per heavy atom. The molecule has 0 aliphatic heterocycles. The maximum absolute atomic E-state index is 11.0. The summed E-state index contributed by atoms with van der Waals surface area (Å²) in [6.07, 6.45) is 0. The summed E-state index contributed by atoms with van der Waals surface area (Å²) in [6.45, 7) is 0.382. The van der Waals surface area contributed by atoms with Crippen LogP contribution in [0.1, 0.15) is 5.56 Å². The summed E-state index contributed by atoms with van der Waals surface area (Å²) in [4.78, 5) is 12.3. The summed E-state index contributed by atoms with van der Waals surface area (Å²) < 4.78 is 5.03. The second-order valence-corrected chi connectivity index (χ2v) is 4.60. The molecule has 0 fully saturated rings. The molecule has 0 atom stereocenters. The Balaban J connectivity index is 2.99. The number of halogens is 3. The van der Waals surface area contributed by atoms with Crippen molar-refractivity contribution in [2.75, 3.05) is 14.2 Å². The van der Waals surface area contributed by atoms with Crippen LogP contribution in [0.5, 0.6) is 5.75 Å². The van der Waals surface area contributed by atoms with E-state index >= 15 is 0 Å². The molecule has 0 heterocycles. The minimum Gasteiger partial charge on any atom is -0.495 e. The first-order valence-corrected chi connectivity index (χ1v) is 5.93. The zero-order valence-corrected chi connectivity index (χ0v) is 11.9. The predicted molar refractivity (Wildman–Crippen MR) is 68.8 cm³/mol. The molecule has 0 aliphatic carbocycles. The fourth-order valence-electron chi connectivity index (χ4n) is 1.17. The van der Waals surface area contributed by atoms with E-state index in [2.05, 4.69) is 15.9 Å². The van der Waals surface area contributed by atoms with E-state index in [9.17, 15) is 4.79 Å². The van der Waals surface area contributed by atoms with E-state index < -0.39 is 0 Å². The van der Waals surface area contributed by atoms with Crippen molar-refractivity contribution in [3.05, 3.63) is 27.7 Å². The van der Waals surface area contributed by atoms with E-state index in [1.165, 1.54) is 12.0 Å². The monoisotopic (exact) mass is 325 g/mol. The van der Waals surface area contributed by atoms with E-state index in [4.69, 9.17) is 27.9 Å². The molecule has 0 N–H and O–H groups in total. The lowest BCUT2D eigenvalue weighted by Gasteiger charge is -2.16. The Bertz CT molecular complexity index is 412.